The molecule has 0 amide bonds. The van der Waals surface area contributed by atoms with Gasteiger partial charge in [0.25, 0.3) is 0 Å². The Kier molecular flexibility index (Phi) is 6.19. The van der Waals surface area contributed by atoms with Gasteiger partial charge in [-0.3, -0.25) is 0 Å². The molecule has 9 heteroatoms. The number of nitrogens with one attached hydrogen (secondary N) is 1. The normalized spacial score (nSPS) is 13.8. The molecule has 1 aliphatic heterocycles. The highest BCUT2D eigenvalue weighted by Gasteiger charge is 2.20. The van der Waals surface area contributed by atoms with Crippen LogP contribution in [-0.4, -0.2) is 40.5 Å². The Labute approximate surface area is 152 Å². The van der Waals surface area contributed by atoms with E-state index in [1.807, 2.05) is 4.90 Å². The molecule has 1 saturated heterocycles. The zero-order valence-electron chi connectivity index (χ0n) is 14.2. The molecule has 1 heterocycles. The summed E-state index contributed by atoms with van der Waals surface area (Å²) in [4.78, 5) is 2.09. The van der Waals surface area contributed by atoms with Crippen molar-refractivity contribution in [2.24, 2.45) is 0 Å². The molecule has 0 saturated carbocycles. The van der Waals surface area contributed by atoms with Crippen molar-refractivity contribution in [1.82, 2.24) is 0 Å². The predicted octanol–water partition coefficient (Wildman–Crippen LogP) is 1.55. The first-order chi connectivity index (χ1) is 12.5. The van der Waals surface area contributed by atoms with Crippen LogP contribution in [-0.2, 0) is 14.6 Å². The Morgan fingerprint density at radius 3 is 2.38 bits per heavy atom. The number of ether oxygens (including phenoxy) is 1. The molecular weight excluding hydrogens is 354 g/mol. The van der Waals surface area contributed by atoms with Gasteiger partial charge in [-0.05, 0) is 18.2 Å². The molecule has 2 rings (SSSR count). The number of hydrogen-bond donors (Lipinski definition) is 1. The maximum atomic E-state index is 12.2. The van der Waals surface area contributed by atoms with Crippen LogP contribution < -0.4 is 10.2 Å². The van der Waals surface area contributed by atoms with Gasteiger partial charge in [0.15, 0.2) is 15.4 Å². The van der Waals surface area contributed by atoms with Crippen LogP contribution in [0, 0.1) is 34.0 Å². The number of morpholine rings is 1. The molecule has 0 atom stereocenters. The number of sulfone groups is 1. The van der Waals surface area contributed by atoms with Crippen LogP contribution in [0.2, 0.25) is 0 Å². The van der Waals surface area contributed by atoms with Crippen molar-refractivity contribution >= 4 is 21.2 Å². The summed E-state index contributed by atoms with van der Waals surface area (Å²) in [5.74, 6) is -0.0636. The third-order valence-corrected chi connectivity index (χ3v) is 5.64. The summed E-state index contributed by atoms with van der Waals surface area (Å²) in [5.41, 5.74) is 0.423. The average Bonchev–Trinajstić information content (AvgIpc) is 2.68. The largest absolute Gasteiger partial charge is 0.378 e. The van der Waals surface area contributed by atoms with Gasteiger partial charge in [0.1, 0.15) is 23.9 Å². The molecular formula is C17H17N5O3S. The van der Waals surface area contributed by atoms with Crippen LogP contribution in [0.5, 0.6) is 0 Å². The standard InChI is InChI=1S/C17H17N5O3S/c1-2-26(23,24)14-3-4-17(22-5-7-25-8-6-22)15(9-14)21-16(12-20)13(10-18)11-19/h3-4,9,21H,2,5-8H2,1H3. The molecule has 134 valence electrons. The van der Waals surface area contributed by atoms with Crippen LogP contribution in [0.1, 0.15) is 6.92 Å². The van der Waals surface area contributed by atoms with Crippen LogP contribution in [0.3, 0.4) is 0 Å². The molecule has 0 unspecified atom stereocenters. The first kappa shape index (κ1) is 19.3. The predicted molar refractivity (Wildman–Crippen MR) is 94.7 cm³/mol. The second-order valence-electron chi connectivity index (χ2n) is 5.39. The number of hydrogen-bond acceptors (Lipinski definition) is 8. The van der Waals surface area contributed by atoms with E-state index in [9.17, 15) is 13.7 Å². The van der Waals surface area contributed by atoms with Crippen molar-refractivity contribution in [3.63, 3.8) is 0 Å². The quantitative estimate of drug-likeness (QED) is 0.772. The van der Waals surface area contributed by atoms with Crippen molar-refractivity contribution in [2.45, 2.75) is 11.8 Å². The van der Waals surface area contributed by atoms with E-state index < -0.39 is 9.84 Å². The molecule has 26 heavy (non-hydrogen) atoms. The monoisotopic (exact) mass is 371 g/mol. The topological polar surface area (TPSA) is 130 Å². The number of rotatable bonds is 5. The number of nitriles is 3. The van der Waals surface area contributed by atoms with Gasteiger partial charge in [0.05, 0.1) is 35.2 Å². The summed E-state index contributed by atoms with van der Waals surface area (Å²) in [5, 5.41) is 30.0. The summed E-state index contributed by atoms with van der Waals surface area (Å²) >= 11 is 0. The molecule has 1 N–H and O–H groups in total. The van der Waals surface area contributed by atoms with Gasteiger partial charge >= 0.3 is 0 Å². The molecule has 1 fully saturated rings. The van der Waals surface area contributed by atoms with Gasteiger partial charge < -0.3 is 15.0 Å². The van der Waals surface area contributed by atoms with Crippen LogP contribution >= 0.6 is 0 Å². The Morgan fingerprint density at radius 2 is 1.85 bits per heavy atom. The molecule has 1 aromatic rings. The van der Waals surface area contributed by atoms with E-state index >= 15 is 0 Å². The minimum atomic E-state index is -3.45. The molecule has 0 spiro atoms. The van der Waals surface area contributed by atoms with Crippen molar-refractivity contribution in [3.8, 4) is 18.2 Å². The lowest BCUT2D eigenvalue weighted by Gasteiger charge is -2.31. The van der Waals surface area contributed by atoms with E-state index in [0.717, 1.165) is 0 Å². The summed E-state index contributed by atoms with van der Waals surface area (Å²) in [6.07, 6.45) is 0. The second kappa shape index (κ2) is 8.35. The SMILES string of the molecule is CCS(=O)(=O)c1ccc(N2CCOCC2)c(NC(C#N)=C(C#N)C#N)c1. The van der Waals surface area contributed by atoms with E-state index in [2.05, 4.69) is 5.32 Å². The number of nitrogens with zero attached hydrogens (tertiary/aromatic N) is 4. The maximum Gasteiger partial charge on any atom is 0.178 e. The van der Waals surface area contributed by atoms with Gasteiger partial charge in [0.2, 0.25) is 0 Å². The lowest BCUT2D eigenvalue weighted by atomic mass is 10.2. The van der Waals surface area contributed by atoms with Crippen molar-refractivity contribution in [2.75, 3.05) is 42.3 Å². The summed E-state index contributed by atoms with van der Waals surface area (Å²) in [6.45, 7) is 3.80. The molecule has 0 aromatic heterocycles. The summed E-state index contributed by atoms with van der Waals surface area (Å²) in [6, 6.07) is 9.70. The highest BCUT2D eigenvalue weighted by atomic mass is 32.2. The highest BCUT2D eigenvalue weighted by molar-refractivity contribution is 7.91. The fraction of sp³-hybridized carbons (Fsp3) is 0.353. The number of benzene rings is 1. The van der Waals surface area contributed by atoms with Gasteiger partial charge in [0, 0.05) is 13.1 Å². The Bertz CT molecular complexity index is 926. The summed E-state index contributed by atoms with van der Waals surface area (Å²) < 4.78 is 29.7. The van der Waals surface area contributed by atoms with Gasteiger partial charge in [-0.1, -0.05) is 6.92 Å². The number of anilines is 2. The first-order valence-corrected chi connectivity index (χ1v) is 9.53. The van der Waals surface area contributed by atoms with E-state index in [1.165, 1.54) is 12.1 Å². The van der Waals surface area contributed by atoms with Gasteiger partial charge in [-0.25, -0.2) is 8.42 Å². The molecule has 0 aliphatic carbocycles. The lowest BCUT2D eigenvalue weighted by Crippen LogP contribution is -2.36. The first-order valence-electron chi connectivity index (χ1n) is 7.88. The Morgan fingerprint density at radius 1 is 1.19 bits per heavy atom. The van der Waals surface area contributed by atoms with E-state index in [4.69, 9.17) is 15.3 Å². The zero-order valence-corrected chi connectivity index (χ0v) is 15.0. The van der Waals surface area contributed by atoms with E-state index in [1.54, 1.807) is 31.2 Å². The molecule has 1 aromatic carbocycles. The van der Waals surface area contributed by atoms with Crippen LogP contribution in [0.25, 0.3) is 0 Å². The van der Waals surface area contributed by atoms with Crippen molar-refractivity contribution in [3.05, 3.63) is 29.5 Å². The maximum absolute atomic E-state index is 12.2. The van der Waals surface area contributed by atoms with Crippen LogP contribution in [0.15, 0.2) is 34.4 Å². The van der Waals surface area contributed by atoms with Gasteiger partial charge in [-0.2, -0.15) is 15.8 Å². The molecule has 1 aliphatic rings. The molecule has 0 bridgehead atoms. The van der Waals surface area contributed by atoms with E-state index in [-0.39, 0.29) is 21.9 Å². The lowest BCUT2D eigenvalue weighted by molar-refractivity contribution is 0.123. The Hall–Kier alpha value is -3.06. The molecule has 0 radical (unpaired) electrons. The smallest absolute Gasteiger partial charge is 0.178 e. The Balaban J connectivity index is 2.57. The fourth-order valence-electron chi connectivity index (χ4n) is 2.47. The second-order valence-corrected chi connectivity index (χ2v) is 7.67. The fourth-order valence-corrected chi connectivity index (χ4v) is 3.38. The van der Waals surface area contributed by atoms with Gasteiger partial charge in [-0.15, -0.1) is 0 Å². The zero-order chi connectivity index (χ0) is 19.2. The van der Waals surface area contributed by atoms with E-state index in [0.29, 0.717) is 37.7 Å². The average molecular weight is 371 g/mol. The van der Waals surface area contributed by atoms with Crippen molar-refractivity contribution < 1.29 is 13.2 Å². The van der Waals surface area contributed by atoms with Crippen LogP contribution in [0.4, 0.5) is 11.4 Å². The molecule has 8 nitrogen and oxygen atoms in total. The highest BCUT2D eigenvalue weighted by Crippen LogP contribution is 2.31. The third kappa shape index (κ3) is 4.12. The third-order valence-electron chi connectivity index (χ3n) is 3.90. The summed E-state index contributed by atoms with van der Waals surface area (Å²) in [7, 11) is -3.45. The van der Waals surface area contributed by atoms with Crippen molar-refractivity contribution in [1.29, 1.82) is 15.8 Å². The minimum absolute atomic E-state index is 0.0636. The minimum Gasteiger partial charge on any atom is -0.378 e. The number of allylic oxidation sites excluding steroid dienone is 2.